The van der Waals surface area contributed by atoms with Crippen molar-refractivity contribution in [2.75, 3.05) is 0 Å². The van der Waals surface area contributed by atoms with Crippen LogP contribution in [0.5, 0.6) is 0 Å². The van der Waals surface area contributed by atoms with Crippen molar-refractivity contribution >= 4 is 35.5 Å². The molecule has 1 aliphatic rings. The number of hydrogen-bond donors (Lipinski definition) is 2. The van der Waals surface area contributed by atoms with Crippen molar-refractivity contribution in [3.63, 3.8) is 0 Å². The molecule has 1 fully saturated rings. The molecule has 114 valence electrons. The zero-order valence-electron chi connectivity index (χ0n) is 12.1. The standard InChI is InChI=1S/C16H16N2O2S2/c1-15(12-5-3-9-18-10-12)11(6-8-17)4-2-7-16(15,13(19)21)14(20)22/h3,5-6,9-10H,2,4,7H2,1H3,(H,19,21)(H,20,22). The maximum atomic E-state index is 12.4. The Morgan fingerprint density at radius 2 is 2.09 bits per heavy atom. The van der Waals surface area contributed by atoms with Gasteiger partial charge in [0.15, 0.2) is 0 Å². The highest BCUT2D eigenvalue weighted by molar-refractivity contribution is 7.99. The Kier molecular flexibility index (Phi) is 4.78. The highest BCUT2D eigenvalue weighted by Gasteiger charge is 2.60. The molecule has 0 aromatic carbocycles. The highest BCUT2D eigenvalue weighted by Crippen LogP contribution is 2.56. The van der Waals surface area contributed by atoms with Crippen LogP contribution in [0.4, 0.5) is 0 Å². The minimum absolute atomic E-state index is 0.353. The van der Waals surface area contributed by atoms with Crippen LogP contribution in [0.15, 0.2) is 36.2 Å². The number of pyridine rings is 1. The average molecular weight is 332 g/mol. The molecule has 1 saturated carbocycles. The maximum absolute atomic E-state index is 12.4. The lowest BCUT2D eigenvalue weighted by Gasteiger charge is -2.49. The van der Waals surface area contributed by atoms with Gasteiger partial charge in [0.1, 0.15) is 5.41 Å². The predicted molar refractivity (Wildman–Crippen MR) is 89.6 cm³/mol. The van der Waals surface area contributed by atoms with Crippen molar-refractivity contribution in [3.05, 3.63) is 41.7 Å². The summed E-state index contributed by atoms with van der Waals surface area (Å²) in [5.74, 6) is 0. The van der Waals surface area contributed by atoms with Crippen molar-refractivity contribution in [1.29, 1.82) is 5.26 Å². The Bertz CT molecular complexity index is 665. The van der Waals surface area contributed by atoms with Crippen molar-refractivity contribution in [2.24, 2.45) is 5.41 Å². The first kappa shape index (κ1) is 16.8. The number of hydrogen-bond acceptors (Lipinski definition) is 4. The fourth-order valence-corrected chi connectivity index (χ4v) is 4.40. The molecule has 22 heavy (non-hydrogen) atoms. The molecule has 4 nitrogen and oxygen atoms in total. The number of carbonyl (C=O) groups is 2. The van der Waals surface area contributed by atoms with Gasteiger partial charge in [0.2, 0.25) is 10.2 Å². The van der Waals surface area contributed by atoms with Gasteiger partial charge >= 0.3 is 0 Å². The third kappa shape index (κ3) is 2.29. The van der Waals surface area contributed by atoms with Crippen molar-refractivity contribution in [1.82, 2.24) is 4.98 Å². The van der Waals surface area contributed by atoms with Crippen molar-refractivity contribution in [2.45, 2.75) is 31.6 Å². The van der Waals surface area contributed by atoms with Crippen LogP contribution in [0.25, 0.3) is 0 Å². The van der Waals surface area contributed by atoms with Gasteiger partial charge in [-0.3, -0.25) is 14.6 Å². The van der Waals surface area contributed by atoms with Gasteiger partial charge in [-0.05, 0) is 36.5 Å². The van der Waals surface area contributed by atoms with Crippen molar-refractivity contribution < 1.29 is 9.59 Å². The molecule has 0 N–H and O–H groups in total. The molecule has 0 bridgehead atoms. The van der Waals surface area contributed by atoms with E-state index < -0.39 is 21.1 Å². The second-order valence-corrected chi connectivity index (χ2v) is 6.35. The number of thiol groups is 2. The van der Waals surface area contributed by atoms with Crippen LogP contribution in [0.3, 0.4) is 0 Å². The van der Waals surface area contributed by atoms with E-state index in [0.717, 1.165) is 5.57 Å². The van der Waals surface area contributed by atoms with Crippen LogP contribution in [-0.4, -0.2) is 15.2 Å². The van der Waals surface area contributed by atoms with Crippen LogP contribution >= 0.6 is 25.3 Å². The summed E-state index contributed by atoms with van der Waals surface area (Å²) < 4.78 is 0. The average Bonchev–Trinajstić information content (AvgIpc) is 2.50. The molecule has 0 spiro atoms. The molecule has 2 rings (SSSR count). The molecular formula is C16H16N2O2S2. The van der Waals surface area contributed by atoms with Gasteiger partial charge in [0.25, 0.3) is 0 Å². The van der Waals surface area contributed by atoms with E-state index in [4.69, 9.17) is 5.26 Å². The summed E-state index contributed by atoms with van der Waals surface area (Å²) in [6.07, 6.45) is 6.29. The quantitative estimate of drug-likeness (QED) is 0.507. The molecule has 0 amide bonds. The summed E-state index contributed by atoms with van der Waals surface area (Å²) in [7, 11) is 0. The smallest absolute Gasteiger partial charge is 0.201 e. The first-order valence-electron chi connectivity index (χ1n) is 6.87. The van der Waals surface area contributed by atoms with Crippen LogP contribution < -0.4 is 0 Å². The lowest BCUT2D eigenvalue weighted by Crippen LogP contribution is -2.55. The molecule has 1 atom stereocenters. The highest BCUT2D eigenvalue weighted by atomic mass is 32.1. The number of rotatable bonds is 3. The molecule has 0 aliphatic heterocycles. The SMILES string of the molecule is CC1(c2cccnc2)C(=CC#N)CCCC1(C(=O)S)C(=O)S. The fraction of sp³-hybridized carbons (Fsp3) is 0.375. The topological polar surface area (TPSA) is 70.8 Å². The van der Waals surface area contributed by atoms with E-state index in [1.807, 2.05) is 12.1 Å². The summed E-state index contributed by atoms with van der Waals surface area (Å²) in [5.41, 5.74) is -0.934. The summed E-state index contributed by atoms with van der Waals surface area (Å²) >= 11 is 8.00. The molecule has 1 aliphatic carbocycles. The zero-order chi connectivity index (χ0) is 16.4. The number of nitrogens with zero attached hydrogens (tertiary/aromatic N) is 2. The molecule has 6 heteroatoms. The first-order chi connectivity index (χ1) is 10.4. The third-order valence-corrected chi connectivity index (χ3v) is 5.46. The lowest BCUT2D eigenvalue weighted by molar-refractivity contribution is -0.135. The summed E-state index contributed by atoms with van der Waals surface area (Å²) in [6.45, 7) is 1.80. The number of allylic oxidation sites excluding steroid dienone is 2. The molecule has 1 aromatic heterocycles. The summed E-state index contributed by atoms with van der Waals surface area (Å²) in [6, 6.07) is 5.58. The van der Waals surface area contributed by atoms with Crippen molar-refractivity contribution in [3.8, 4) is 6.07 Å². The van der Waals surface area contributed by atoms with E-state index in [1.54, 1.807) is 25.4 Å². The second-order valence-electron chi connectivity index (χ2n) is 5.53. The Hall–Kier alpha value is -1.58. The van der Waals surface area contributed by atoms with E-state index in [0.29, 0.717) is 24.8 Å². The zero-order valence-corrected chi connectivity index (χ0v) is 13.9. The fourth-order valence-electron chi connectivity index (χ4n) is 3.44. The third-order valence-electron chi connectivity index (χ3n) is 4.70. The Morgan fingerprint density at radius 3 is 2.59 bits per heavy atom. The molecule has 1 unspecified atom stereocenters. The van der Waals surface area contributed by atoms with E-state index in [9.17, 15) is 9.59 Å². The summed E-state index contributed by atoms with van der Waals surface area (Å²) in [4.78, 5) is 28.8. The van der Waals surface area contributed by atoms with Gasteiger partial charge < -0.3 is 0 Å². The molecule has 0 saturated heterocycles. The van der Waals surface area contributed by atoms with E-state index in [2.05, 4.69) is 30.2 Å². The Morgan fingerprint density at radius 1 is 1.41 bits per heavy atom. The summed E-state index contributed by atoms with van der Waals surface area (Å²) in [5, 5.41) is 8.04. The van der Waals surface area contributed by atoms with E-state index in [-0.39, 0.29) is 0 Å². The Labute approximate surface area is 140 Å². The number of aromatic nitrogens is 1. The minimum Gasteiger partial charge on any atom is -0.286 e. The van der Waals surface area contributed by atoms with Crippen LogP contribution in [0.1, 0.15) is 31.7 Å². The number of nitriles is 1. The van der Waals surface area contributed by atoms with Crippen LogP contribution in [0.2, 0.25) is 0 Å². The number of carbonyl (C=O) groups excluding carboxylic acids is 2. The van der Waals surface area contributed by atoms with Gasteiger partial charge in [0.05, 0.1) is 6.07 Å². The van der Waals surface area contributed by atoms with Gasteiger partial charge in [0, 0.05) is 23.9 Å². The molecular weight excluding hydrogens is 316 g/mol. The van der Waals surface area contributed by atoms with Gasteiger partial charge in [-0.15, -0.1) is 25.3 Å². The maximum Gasteiger partial charge on any atom is 0.201 e. The van der Waals surface area contributed by atoms with Gasteiger partial charge in [-0.25, -0.2) is 0 Å². The predicted octanol–water partition coefficient (Wildman–Crippen LogP) is 2.87. The largest absolute Gasteiger partial charge is 0.286 e. The van der Waals surface area contributed by atoms with Gasteiger partial charge in [-0.2, -0.15) is 5.26 Å². The molecule has 1 aromatic rings. The second kappa shape index (κ2) is 6.27. The minimum atomic E-state index is -1.40. The van der Waals surface area contributed by atoms with E-state index in [1.165, 1.54) is 6.08 Å². The normalized spacial score (nSPS) is 25.5. The molecule has 1 heterocycles. The first-order valence-corrected chi connectivity index (χ1v) is 7.77. The van der Waals surface area contributed by atoms with Crippen LogP contribution in [0, 0.1) is 16.7 Å². The lowest BCUT2D eigenvalue weighted by atomic mass is 9.53. The monoisotopic (exact) mass is 332 g/mol. The van der Waals surface area contributed by atoms with E-state index >= 15 is 0 Å². The Balaban J connectivity index is 2.83. The van der Waals surface area contributed by atoms with Gasteiger partial charge in [-0.1, -0.05) is 13.0 Å². The van der Waals surface area contributed by atoms with Crippen LogP contribution in [-0.2, 0) is 15.0 Å². The molecule has 0 radical (unpaired) electrons.